The number of hydrogen-bond acceptors (Lipinski definition) is 4. The first-order chi connectivity index (χ1) is 12.2. The maximum absolute atomic E-state index is 12.2. The first kappa shape index (κ1) is 16.7. The number of para-hydroxylation sites is 2. The molecule has 0 unspecified atom stereocenters. The van der Waals surface area contributed by atoms with Gasteiger partial charge in [-0.15, -0.1) is 0 Å². The van der Waals surface area contributed by atoms with Crippen LogP contribution in [0.25, 0.3) is 0 Å². The Labute approximate surface area is 145 Å². The van der Waals surface area contributed by atoms with Gasteiger partial charge in [0.05, 0.1) is 11.4 Å². The van der Waals surface area contributed by atoms with E-state index >= 15 is 0 Å². The first-order valence-corrected chi connectivity index (χ1v) is 8.04. The number of amides is 2. The topological polar surface area (TPSA) is 75.7 Å². The summed E-state index contributed by atoms with van der Waals surface area (Å²) in [5, 5.41) is 2.78. The highest BCUT2D eigenvalue weighted by atomic mass is 16.5. The predicted molar refractivity (Wildman–Crippen MR) is 94.0 cm³/mol. The summed E-state index contributed by atoms with van der Waals surface area (Å²) in [6.45, 7) is 0.464. The van der Waals surface area contributed by atoms with E-state index < -0.39 is 0 Å². The van der Waals surface area contributed by atoms with Crippen LogP contribution >= 0.6 is 0 Å². The lowest BCUT2D eigenvalue weighted by Crippen LogP contribution is -2.26. The van der Waals surface area contributed by atoms with Gasteiger partial charge in [-0.05, 0) is 30.7 Å². The number of aldehydes is 1. The summed E-state index contributed by atoms with van der Waals surface area (Å²) in [4.78, 5) is 36.6. The zero-order valence-electron chi connectivity index (χ0n) is 13.6. The van der Waals surface area contributed by atoms with E-state index in [9.17, 15) is 14.4 Å². The Kier molecular flexibility index (Phi) is 5.09. The second kappa shape index (κ2) is 7.61. The van der Waals surface area contributed by atoms with Gasteiger partial charge in [0.25, 0.3) is 5.91 Å². The molecule has 25 heavy (non-hydrogen) atoms. The molecular weight excluding hydrogens is 320 g/mol. The molecule has 1 fully saturated rings. The Morgan fingerprint density at radius 3 is 2.80 bits per heavy atom. The minimum Gasteiger partial charge on any atom is -0.484 e. The van der Waals surface area contributed by atoms with E-state index in [1.54, 1.807) is 41.3 Å². The number of carbonyl (C=O) groups excluding carboxylic acids is 3. The molecule has 1 saturated heterocycles. The van der Waals surface area contributed by atoms with Crippen LogP contribution in [0.1, 0.15) is 23.2 Å². The number of hydrogen-bond donors (Lipinski definition) is 1. The number of nitrogens with one attached hydrogen (secondary N) is 1. The number of nitrogens with zero attached hydrogens (tertiary/aromatic N) is 1. The number of benzene rings is 2. The highest BCUT2D eigenvalue weighted by molar-refractivity contribution is 6.02. The molecule has 1 N–H and O–H groups in total. The summed E-state index contributed by atoms with van der Waals surface area (Å²) in [6, 6.07) is 13.8. The van der Waals surface area contributed by atoms with Crippen molar-refractivity contribution in [1.82, 2.24) is 0 Å². The van der Waals surface area contributed by atoms with Crippen molar-refractivity contribution >= 4 is 29.5 Å². The number of carbonyl (C=O) groups is 3. The normalized spacial score (nSPS) is 13.6. The molecule has 128 valence electrons. The van der Waals surface area contributed by atoms with Gasteiger partial charge in [-0.2, -0.15) is 0 Å². The molecule has 0 saturated carbocycles. The molecule has 1 aliphatic heterocycles. The fourth-order valence-electron chi connectivity index (χ4n) is 2.73. The Morgan fingerprint density at radius 1 is 1.20 bits per heavy atom. The second-order valence-corrected chi connectivity index (χ2v) is 5.69. The van der Waals surface area contributed by atoms with Gasteiger partial charge in [-0.25, -0.2) is 0 Å². The van der Waals surface area contributed by atoms with Crippen molar-refractivity contribution in [2.75, 3.05) is 23.4 Å². The van der Waals surface area contributed by atoms with Gasteiger partial charge >= 0.3 is 0 Å². The smallest absolute Gasteiger partial charge is 0.262 e. The average molecular weight is 338 g/mol. The molecule has 2 aromatic rings. The van der Waals surface area contributed by atoms with Crippen LogP contribution in [-0.2, 0) is 9.59 Å². The van der Waals surface area contributed by atoms with Crippen molar-refractivity contribution in [2.45, 2.75) is 12.8 Å². The molecule has 2 aromatic carbocycles. The van der Waals surface area contributed by atoms with Crippen molar-refractivity contribution in [3.05, 3.63) is 54.1 Å². The second-order valence-electron chi connectivity index (χ2n) is 5.69. The minimum absolute atomic E-state index is 0.0589. The lowest BCUT2D eigenvalue weighted by atomic mass is 10.2. The van der Waals surface area contributed by atoms with Crippen LogP contribution < -0.4 is 15.0 Å². The monoisotopic (exact) mass is 338 g/mol. The van der Waals surface area contributed by atoms with Crippen molar-refractivity contribution in [3.8, 4) is 5.75 Å². The Hall–Kier alpha value is -3.15. The van der Waals surface area contributed by atoms with Crippen LogP contribution in [0.4, 0.5) is 11.4 Å². The largest absolute Gasteiger partial charge is 0.484 e. The van der Waals surface area contributed by atoms with Crippen molar-refractivity contribution in [3.63, 3.8) is 0 Å². The Morgan fingerprint density at radius 2 is 2.04 bits per heavy atom. The lowest BCUT2D eigenvalue weighted by molar-refractivity contribution is -0.118. The molecular formula is C19H18N2O4. The van der Waals surface area contributed by atoms with E-state index in [0.29, 0.717) is 35.7 Å². The molecule has 6 heteroatoms. The SMILES string of the molecule is O=Cc1cccc(OCC(=O)Nc2ccccc2N2CCCC2=O)c1. The number of anilines is 2. The third-order valence-electron chi connectivity index (χ3n) is 3.91. The summed E-state index contributed by atoms with van der Waals surface area (Å²) in [6.07, 6.45) is 2.06. The third kappa shape index (κ3) is 4.03. The van der Waals surface area contributed by atoms with E-state index in [1.165, 1.54) is 0 Å². The van der Waals surface area contributed by atoms with Gasteiger partial charge in [0.2, 0.25) is 5.91 Å². The summed E-state index contributed by atoms with van der Waals surface area (Å²) in [5.74, 6) is 0.169. The van der Waals surface area contributed by atoms with E-state index in [-0.39, 0.29) is 18.4 Å². The number of rotatable bonds is 6. The molecule has 3 rings (SSSR count). The van der Waals surface area contributed by atoms with Gasteiger partial charge in [-0.1, -0.05) is 24.3 Å². The van der Waals surface area contributed by atoms with E-state index in [2.05, 4.69) is 5.32 Å². The maximum Gasteiger partial charge on any atom is 0.262 e. The van der Waals surface area contributed by atoms with E-state index in [1.807, 2.05) is 12.1 Å². The molecule has 0 radical (unpaired) electrons. The van der Waals surface area contributed by atoms with Crippen LogP contribution in [0.15, 0.2) is 48.5 Å². The lowest BCUT2D eigenvalue weighted by Gasteiger charge is -2.20. The molecule has 0 bridgehead atoms. The van der Waals surface area contributed by atoms with Crippen LogP contribution in [0.3, 0.4) is 0 Å². The first-order valence-electron chi connectivity index (χ1n) is 8.04. The average Bonchev–Trinajstić information content (AvgIpc) is 3.06. The summed E-state index contributed by atoms with van der Waals surface area (Å²) >= 11 is 0. The fourth-order valence-corrected chi connectivity index (χ4v) is 2.73. The molecule has 6 nitrogen and oxygen atoms in total. The zero-order chi connectivity index (χ0) is 17.6. The third-order valence-corrected chi connectivity index (χ3v) is 3.91. The standard InChI is InChI=1S/C19H18N2O4/c22-12-14-5-3-6-15(11-14)25-13-18(23)20-16-7-1-2-8-17(16)21-10-4-9-19(21)24/h1-3,5-8,11-12H,4,9-10,13H2,(H,20,23). The van der Waals surface area contributed by atoms with Crippen LogP contribution in [0, 0.1) is 0 Å². The molecule has 0 aromatic heterocycles. The summed E-state index contributed by atoms with van der Waals surface area (Å²) in [7, 11) is 0. The van der Waals surface area contributed by atoms with Crippen molar-refractivity contribution in [1.29, 1.82) is 0 Å². The van der Waals surface area contributed by atoms with Crippen LogP contribution in [-0.4, -0.2) is 31.3 Å². The van der Waals surface area contributed by atoms with Gasteiger partial charge in [0, 0.05) is 18.5 Å². The fraction of sp³-hybridized carbons (Fsp3) is 0.211. The van der Waals surface area contributed by atoms with E-state index in [4.69, 9.17) is 4.74 Å². The summed E-state index contributed by atoms with van der Waals surface area (Å²) in [5.41, 5.74) is 1.75. The summed E-state index contributed by atoms with van der Waals surface area (Å²) < 4.78 is 5.42. The van der Waals surface area contributed by atoms with Gasteiger partial charge < -0.3 is 15.0 Å². The van der Waals surface area contributed by atoms with Gasteiger partial charge in [0.15, 0.2) is 6.61 Å². The van der Waals surface area contributed by atoms with Gasteiger partial charge in [-0.3, -0.25) is 14.4 Å². The van der Waals surface area contributed by atoms with E-state index in [0.717, 1.165) is 12.7 Å². The maximum atomic E-state index is 12.2. The molecule has 1 aliphatic rings. The number of ether oxygens (including phenoxy) is 1. The highest BCUT2D eigenvalue weighted by Crippen LogP contribution is 2.29. The van der Waals surface area contributed by atoms with Crippen LogP contribution in [0.2, 0.25) is 0 Å². The molecule has 2 amide bonds. The van der Waals surface area contributed by atoms with Crippen molar-refractivity contribution < 1.29 is 19.1 Å². The predicted octanol–water partition coefficient (Wildman–Crippen LogP) is 2.64. The van der Waals surface area contributed by atoms with Crippen molar-refractivity contribution in [2.24, 2.45) is 0 Å². The molecule has 1 heterocycles. The molecule has 0 atom stereocenters. The zero-order valence-corrected chi connectivity index (χ0v) is 13.6. The molecule has 0 aliphatic carbocycles. The molecule has 0 spiro atoms. The van der Waals surface area contributed by atoms with Gasteiger partial charge in [0.1, 0.15) is 12.0 Å². The van der Waals surface area contributed by atoms with Crippen LogP contribution in [0.5, 0.6) is 5.75 Å². The Balaban J connectivity index is 1.65. The Bertz CT molecular complexity index is 804. The quantitative estimate of drug-likeness (QED) is 0.822. The minimum atomic E-state index is -0.337. The highest BCUT2D eigenvalue weighted by Gasteiger charge is 2.24.